The minimum Gasteiger partial charge on any atom is -0.429 e. The van der Waals surface area contributed by atoms with Gasteiger partial charge in [0.25, 0.3) is 0 Å². The Labute approximate surface area is 262 Å². The van der Waals surface area contributed by atoms with Gasteiger partial charge in [-0.2, -0.15) is 17.6 Å². The summed E-state index contributed by atoms with van der Waals surface area (Å²) in [7, 11) is 0. The lowest BCUT2D eigenvalue weighted by molar-refractivity contribution is -0.438. The van der Waals surface area contributed by atoms with Crippen LogP contribution in [-0.2, 0) is 17.3 Å². The number of hydrogen-bond donors (Lipinski definition) is 0. The molecule has 0 aromatic heterocycles. The largest absolute Gasteiger partial charge is 0.527 e. The molecule has 0 amide bonds. The highest BCUT2D eigenvalue weighted by molar-refractivity contribution is 5.70. The van der Waals surface area contributed by atoms with Crippen LogP contribution in [0.25, 0.3) is 22.3 Å². The second-order valence-corrected chi connectivity index (χ2v) is 11.6. The van der Waals surface area contributed by atoms with Gasteiger partial charge in [0.05, 0.1) is 11.5 Å². The zero-order valence-corrected chi connectivity index (χ0v) is 24.9. The van der Waals surface area contributed by atoms with Crippen molar-refractivity contribution in [1.29, 1.82) is 0 Å². The van der Waals surface area contributed by atoms with Crippen molar-refractivity contribution in [3.05, 3.63) is 114 Å². The molecule has 10 heteroatoms. The second kappa shape index (κ2) is 13.4. The summed E-state index contributed by atoms with van der Waals surface area (Å²) >= 11 is 0. The Morgan fingerprint density at radius 1 is 0.652 bits per heavy atom. The van der Waals surface area contributed by atoms with Gasteiger partial charge in [-0.05, 0) is 89.6 Å². The van der Waals surface area contributed by atoms with Crippen LogP contribution in [0.2, 0.25) is 0 Å². The maximum Gasteiger partial charge on any atom is 0.527 e. The van der Waals surface area contributed by atoms with E-state index in [4.69, 9.17) is 4.74 Å². The summed E-state index contributed by atoms with van der Waals surface area (Å²) in [6, 6.07) is 24.9. The van der Waals surface area contributed by atoms with E-state index in [2.05, 4.69) is 35.9 Å². The van der Waals surface area contributed by atoms with Crippen LogP contribution in [-0.4, -0.2) is 12.5 Å². The Bertz CT molecular complexity index is 1590. The zero-order chi connectivity index (χ0) is 33.1. The first-order valence-corrected chi connectivity index (χ1v) is 15.1. The lowest BCUT2D eigenvalue weighted by atomic mass is 9.78. The van der Waals surface area contributed by atoms with Crippen LogP contribution in [0.5, 0.6) is 5.75 Å². The summed E-state index contributed by atoms with van der Waals surface area (Å²) in [5, 5.41) is 0. The first-order valence-electron chi connectivity index (χ1n) is 15.1. The predicted molar refractivity (Wildman–Crippen MR) is 159 cm³/mol. The highest BCUT2D eigenvalue weighted by Crippen LogP contribution is 2.46. The highest BCUT2D eigenvalue weighted by Gasteiger charge is 2.51. The van der Waals surface area contributed by atoms with Gasteiger partial charge >= 0.3 is 18.6 Å². The normalized spacial score (nSPS) is 17.6. The molecule has 5 rings (SSSR count). The molecule has 4 aromatic carbocycles. The number of alkyl halides is 7. The molecule has 0 saturated heterocycles. The predicted octanol–water partition coefficient (Wildman–Crippen LogP) is 11.6. The van der Waals surface area contributed by atoms with Crippen molar-refractivity contribution in [3.63, 3.8) is 0 Å². The average Bonchev–Trinajstić information content (AvgIpc) is 3.01. The maximum atomic E-state index is 15.0. The van der Waals surface area contributed by atoms with Gasteiger partial charge in [0, 0.05) is 6.07 Å². The van der Waals surface area contributed by atoms with Crippen molar-refractivity contribution in [2.45, 2.75) is 69.9 Å². The van der Waals surface area contributed by atoms with E-state index in [9.17, 15) is 26.3 Å². The molecular formula is C36H32F8O2. The molecule has 0 unspecified atom stereocenters. The summed E-state index contributed by atoms with van der Waals surface area (Å²) in [4.78, 5) is 0. The van der Waals surface area contributed by atoms with Crippen molar-refractivity contribution in [3.8, 4) is 28.0 Å². The molecule has 0 aliphatic heterocycles. The number of rotatable bonds is 10. The Morgan fingerprint density at radius 2 is 1.15 bits per heavy atom. The lowest BCUT2D eigenvalue weighted by Gasteiger charge is -2.33. The fourth-order valence-electron chi connectivity index (χ4n) is 5.95. The molecule has 0 N–H and O–H groups in total. The molecule has 0 heterocycles. The summed E-state index contributed by atoms with van der Waals surface area (Å²) < 4.78 is 118. The van der Waals surface area contributed by atoms with Crippen LogP contribution in [0.4, 0.5) is 35.1 Å². The van der Waals surface area contributed by atoms with Crippen LogP contribution < -0.4 is 4.74 Å². The van der Waals surface area contributed by atoms with Gasteiger partial charge in [-0.3, -0.25) is 0 Å². The third-order valence-electron chi connectivity index (χ3n) is 8.38. The summed E-state index contributed by atoms with van der Waals surface area (Å²) in [5.74, 6) is -3.55. The van der Waals surface area contributed by atoms with E-state index in [0.29, 0.717) is 0 Å². The van der Waals surface area contributed by atoms with Crippen molar-refractivity contribution in [2.24, 2.45) is 5.92 Å². The molecule has 1 aliphatic rings. The molecule has 1 saturated carbocycles. The summed E-state index contributed by atoms with van der Waals surface area (Å²) in [6.45, 7) is 2.13. The number of hydrogen-bond acceptors (Lipinski definition) is 2. The quantitative estimate of drug-likeness (QED) is 0.159. The molecule has 4 aromatic rings. The van der Waals surface area contributed by atoms with Crippen molar-refractivity contribution in [2.75, 3.05) is 0 Å². The van der Waals surface area contributed by atoms with Crippen molar-refractivity contribution in [1.82, 2.24) is 0 Å². The molecule has 1 fully saturated rings. The molecular weight excluding hydrogens is 616 g/mol. The van der Waals surface area contributed by atoms with Gasteiger partial charge in [-0.25, -0.2) is 9.13 Å². The van der Waals surface area contributed by atoms with Gasteiger partial charge in [0.15, 0.2) is 0 Å². The second-order valence-electron chi connectivity index (χ2n) is 11.6. The Kier molecular flexibility index (Phi) is 9.77. The number of benzene rings is 4. The molecule has 0 bridgehead atoms. The number of ether oxygens (including phenoxy) is 2. The molecule has 244 valence electrons. The van der Waals surface area contributed by atoms with Crippen LogP contribution >= 0.6 is 0 Å². The van der Waals surface area contributed by atoms with Crippen LogP contribution in [0, 0.1) is 11.7 Å². The summed E-state index contributed by atoms with van der Waals surface area (Å²) in [6.07, 6.45) is -12.3. The van der Waals surface area contributed by atoms with E-state index < -0.39 is 47.5 Å². The van der Waals surface area contributed by atoms with Crippen LogP contribution in [0.15, 0.2) is 91.0 Å². The third-order valence-corrected chi connectivity index (χ3v) is 8.38. The van der Waals surface area contributed by atoms with E-state index in [0.717, 1.165) is 47.2 Å². The standard InChI is InChI=1S/C36H32F8O2/c1-2-3-23-4-6-24(7-5-23)25-8-10-26(11-9-25)27-12-16-29(17-13-27)34(38,39)45-31-20-21-32(33(37)22-31)28-14-18-30(19-15-28)35(40,41)46-36(42,43)44/h4-13,16-17,20-22,28,30H,2-3,14-15,18-19H2,1H3. The monoisotopic (exact) mass is 648 g/mol. The van der Waals surface area contributed by atoms with Gasteiger partial charge in [0.2, 0.25) is 0 Å². The minimum atomic E-state index is -5.49. The lowest BCUT2D eigenvalue weighted by Crippen LogP contribution is -2.38. The zero-order valence-electron chi connectivity index (χ0n) is 24.9. The fraction of sp³-hybridized carbons (Fsp3) is 0.333. The molecule has 0 spiro atoms. The first-order chi connectivity index (χ1) is 21.7. The van der Waals surface area contributed by atoms with Gasteiger partial charge in [-0.1, -0.05) is 80.1 Å². The van der Waals surface area contributed by atoms with E-state index in [1.54, 1.807) is 12.1 Å². The Morgan fingerprint density at radius 3 is 1.63 bits per heavy atom. The first kappa shape index (κ1) is 33.4. The van der Waals surface area contributed by atoms with Crippen LogP contribution in [0.1, 0.15) is 61.6 Å². The fourth-order valence-corrected chi connectivity index (χ4v) is 5.95. The minimum absolute atomic E-state index is 0.0179. The summed E-state index contributed by atoms with van der Waals surface area (Å²) in [5.41, 5.74) is 4.60. The van der Waals surface area contributed by atoms with E-state index in [-0.39, 0.29) is 31.2 Å². The topological polar surface area (TPSA) is 18.5 Å². The van der Waals surface area contributed by atoms with Crippen molar-refractivity contribution < 1.29 is 44.6 Å². The molecule has 1 aliphatic carbocycles. The molecule has 2 nitrogen and oxygen atoms in total. The molecule has 0 radical (unpaired) electrons. The maximum absolute atomic E-state index is 15.0. The number of aryl methyl sites for hydroxylation is 1. The highest BCUT2D eigenvalue weighted by atomic mass is 19.4. The SMILES string of the molecule is CCCc1ccc(-c2ccc(-c3ccc(C(F)(F)Oc4ccc(C5CCC(C(F)(F)OC(F)(F)F)CC5)c(F)c4)cc3)cc2)cc1. The Hall–Kier alpha value is -3.92. The third kappa shape index (κ3) is 8.07. The van der Waals surface area contributed by atoms with Gasteiger partial charge in [-0.15, -0.1) is 13.2 Å². The van der Waals surface area contributed by atoms with Crippen molar-refractivity contribution >= 4 is 0 Å². The van der Waals surface area contributed by atoms with E-state index in [1.807, 2.05) is 24.3 Å². The van der Waals surface area contributed by atoms with E-state index in [1.165, 1.54) is 23.8 Å². The van der Waals surface area contributed by atoms with E-state index >= 15 is 8.78 Å². The Balaban J connectivity index is 1.20. The smallest absolute Gasteiger partial charge is 0.429 e. The molecule has 46 heavy (non-hydrogen) atoms. The molecule has 0 atom stereocenters. The number of halogens is 8. The van der Waals surface area contributed by atoms with Gasteiger partial charge in [0.1, 0.15) is 11.6 Å². The average molecular weight is 649 g/mol. The van der Waals surface area contributed by atoms with Crippen LogP contribution in [0.3, 0.4) is 0 Å². The van der Waals surface area contributed by atoms with Gasteiger partial charge < -0.3 is 4.74 Å².